The van der Waals surface area contributed by atoms with E-state index >= 15 is 0 Å². The van der Waals surface area contributed by atoms with Crippen LogP contribution in [0.2, 0.25) is 0 Å². The first-order valence-corrected chi connectivity index (χ1v) is 7.06. The van der Waals surface area contributed by atoms with Gasteiger partial charge in [0.25, 0.3) is 0 Å². The zero-order chi connectivity index (χ0) is 13.5. The van der Waals surface area contributed by atoms with Gasteiger partial charge >= 0.3 is 0 Å². The fraction of sp³-hybridized carbons (Fsp3) is 0.562. The first kappa shape index (κ1) is 14.1. The lowest BCUT2D eigenvalue weighted by molar-refractivity contribution is -0.120. The molecule has 0 heterocycles. The van der Waals surface area contributed by atoms with Crippen LogP contribution in [0.25, 0.3) is 0 Å². The van der Waals surface area contributed by atoms with Crippen LogP contribution in [0.1, 0.15) is 43.6 Å². The highest BCUT2D eigenvalue weighted by Crippen LogP contribution is 2.34. The van der Waals surface area contributed by atoms with Crippen molar-refractivity contribution in [1.82, 2.24) is 0 Å². The normalized spacial score (nSPS) is 20.1. The molecule has 104 valence electrons. The van der Waals surface area contributed by atoms with E-state index in [4.69, 9.17) is 9.47 Å². The molecule has 0 N–H and O–H groups in total. The van der Waals surface area contributed by atoms with Crippen molar-refractivity contribution in [1.29, 1.82) is 0 Å². The molecule has 0 aliphatic heterocycles. The number of ether oxygens (including phenoxy) is 2. The number of ketones is 1. The largest absolute Gasteiger partial charge is 0.491 e. The van der Waals surface area contributed by atoms with Gasteiger partial charge in [-0.2, -0.15) is 0 Å². The average Bonchev–Trinajstić information content (AvgIpc) is 2.64. The number of methoxy groups -OCH3 is 1. The van der Waals surface area contributed by atoms with Gasteiger partial charge in [0.15, 0.2) is 0 Å². The van der Waals surface area contributed by atoms with Gasteiger partial charge in [0.05, 0.1) is 6.61 Å². The highest BCUT2D eigenvalue weighted by atomic mass is 16.5. The maximum absolute atomic E-state index is 12.2. The molecule has 19 heavy (non-hydrogen) atoms. The van der Waals surface area contributed by atoms with E-state index in [1.807, 2.05) is 24.3 Å². The van der Waals surface area contributed by atoms with E-state index in [1.54, 1.807) is 7.11 Å². The van der Waals surface area contributed by atoms with Crippen LogP contribution in [0.5, 0.6) is 5.75 Å². The highest BCUT2D eigenvalue weighted by molar-refractivity contribution is 5.86. The number of rotatable bonds is 5. The SMILES string of the molecule is COCCOc1ccccc1C1CCCCCC1=O. The van der Waals surface area contributed by atoms with Gasteiger partial charge in [0.1, 0.15) is 18.1 Å². The summed E-state index contributed by atoms with van der Waals surface area (Å²) in [6, 6.07) is 7.91. The summed E-state index contributed by atoms with van der Waals surface area (Å²) in [6.07, 6.45) is 4.97. The van der Waals surface area contributed by atoms with Gasteiger partial charge in [0, 0.05) is 25.0 Å². The number of carbonyl (C=O) groups is 1. The molecule has 0 radical (unpaired) electrons. The Labute approximate surface area is 114 Å². The highest BCUT2D eigenvalue weighted by Gasteiger charge is 2.24. The van der Waals surface area contributed by atoms with Gasteiger partial charge in [-0.1, -0.05) is 31.0 Å². The smallest absolute Gasteiger partial charge is 0.140 e. The minimum absolute atomic E-state index is 0.0150. The molecule has 2 rings (SSSR count). The third-order valence-electron chi connectivity index (χ3n) is 3.64. The van der Waals surface area contributed by atoms with E-state index in [-0.39, 0.29) is 5.92 Å². The van der Waals surface area contributed by atoms with Crippen molar-refractivity contribution in [3.63, 3.8) is 0 Å². The Morgan fingerprint density at radius 2 is 2.00 bits per heavy atom. The summed E-state index contributed by atoms with van der Waals surface area (Å²) in [5.41, 5.74) is 1.05. The Kier molecular flexibility index (Phi) is 5.40. The second kappa shape index (κ2) is 7.29. The standard InChI is InChI=1S/C16H22O3/c1-18-11-12-19-16-10-6-5-8-14(16)13-7-3-2-4-9-15(13)17/h5-6,8,10,13H,2-4,7,9,11-12H2,1H3. The first-order chi connectivity index (χ1) is 9.33. The van der Waals surface area contributed by atoms with E-state index in [2.05, 4.69) is 0 Å². The second-order valence-corrected chi connectivity index (χ2v) is 5.00. The molecule has 1 aromatic rings. The number of hydrogen-bond acceptors (Lipinski definition) is 3. The average molecular weight is 262 g/mol. The molecule has 0 spiro atoms. The Bertz CT molecular complexity index is 414. The fourth-order valence-corrected chi connectivity index (χ4v) is 2.62. The molecule has 1 fully saturated rings. The Morgan fingerprint density at radius 3 is 2.84 bits per heavy atom. The monoisotopic (exact) mass is 262 g/mol. The maximum Gasteiger partial charge on any atom is 0.140 e. The van der Waals surface area contributed by atoms with Gasteiger partial charge in [-0.25, -0.2) is 0 Å². The summed E-state index contributed by atoms with van der Waals surface area (Å²) in [6.45, 7) is 1.08. The molecule has 1 atom stereocenters. The van der Waals surface area contributed by atoms with Crippen molar-refractivity contribution < 1.29 is 14.3 Å². The zero-order valence-corrected chi connectivity index (χ0v) is 11.6. The number of para-hydroxylation sites is 1. The summed E-state index contributed by atoms with van der Waals surface area (Å²) < 4.78 is 10.7. The number of benzene rings is 1. The molecule has 3 nitrogen and oxygen atoms in total. The van der Waals surface area contributed by atoms with Crippen LogP contribution in [0.15, 0.2) is 24.3 Å². The molecule has 1 aliphatic carbocycles. The lowest BCUT2D eigenvalue weighted by Gasteiger charge is -2.18. The molecular weight excluding hydrogens is 240 g/mol. The van der Waals surface area contributed by atoms with Crippen molar-refractivity contribution in [3.8, 4) is 5.75 Å². The van der Waals surface area contributed by atoms with Crippen LogP contribution in [-0.2, 0) is 9.53 Å². The molecule has 1 unspecified atom stereocenters. The van der Waals surface area contributed by atoms with Crippen molar-refractivity contribution >= 4 is 5.78 Å². The Hall–Kier alpha value is -1.35. The van der Waals surface area contributed by atoms with E-state index in [9.17, 15) is 4.79 Å². The Balaban J connectivity index is 2.15. The lowest BCUT2D eigenvalue weighted by atomic mass is 9.90. The van der Waals surface area contributed by atoms with Crippen LogP contribution in [0.3, 0.4) is 0 Å². The third kappa shape index (κ3) is 3.80. The summed E-state index contributed by atoms with van der Waals surface area (Å²) in [4.78, 5) is 12.2. The summed E-state index contributed by atoms with van der Waals surface area (Å²) >= 11 is 0. The molecule has 0 bridgehead atoms. The van der Waals surface area contributed by atoms with Crippen LogP contribution >= 0.6 is 0 Å². The van der Waals surface area contributed by atoms with Crippen molar-refractivity contribution in [2.75, 3.05) is 20.3 Å². The predicted molar refractivity (Wildman–Crippen MR) is 74.6 cm³/mol. The topological polar surface area (TPSA) is 35.5 Å². The van der Waals surface area contributed by atoms with E-state index in [0.29, 0.717) is 25.4 Å². The predicted octanol–water partition coefficient (Wildman–Crippen LogP) is 3.33. The molecule has 1 aromatic carbocycles. The minimum atomic E-state index is 0.0150. The van der Waals surface area contributed by atoms with Crippen LogP contribution in [0.4, 0.5) is 0 Å². The third-order valence-corrected chi connectivity index (χ3v) is 3.64. The van der Waals surface area contributed by atoms with Crippen LogP contribution < -0.4 is 4.74 Å². The minimum Gasteiger partial charge on any atom is -0.491 e. The van der Waals surface area contributed by atoms with E-state index in [0.717, 1.165) is 37.0 Å². The van der Waals surface area contributed by atoms with E-state index < -0.39 is 0 Å². The van der Waals surface area contributed by atoms with Crippen LogP contribution in [0, 0.1) is 0 Å². The molecule has 1 saturated carbocycles. The van der Waals surface area contributed by atoms with Crippen molar-refractivity contribution in [3.05, 3.63) is 29.8 Å². The lowest BCUT2D eigenvalue weighted by Crippen LogP contribution is -2.13. The van der Waals surface area contributed by atoms with Crippen molar-refractivity contribution in [2.24, 2.45) is 0 Å². The quantitative estimate of drug-likeness (QED) is 0.603. The molecule has 0 amide bonds. The van der Waals surface area contributed by atoms with Gasteiger partial charge in [-0.15, -0.1) is 0 Å². The van der Waals surface area contributed by atoms with Gasteiger partial charge in [0.2, 0.25) is 0 Å². The van der Waals surface area contributed by atoms with Gasteiger partial charge < -0.3 is 9.47 Å². The van der Waals surface area contributed by atoms with Crippen LogP contribution in [-0.4, -0.2) is 26.1 Å². The van der Waals surface area contributed by atoms with Gasteiger partial charge in [-0.3, -0.25) is 4.79 Å². The number of hydrogen-bond donors (Lipinski definition) is 0. The summed E-state index contributed by atoms with van der Waals surface area (Å²) in [7, 11) is 1.66. The van der Waals surface area contributed by atoms with Gasteiger partial charge in [-0.05, 0) is 18.9 Å². The first-order valence-electron chi connectivity index (χ1n) is 7.06. The molecule has 1 aliphatic rings. The Morgan fingerprint density at radius 1 is 1.16 bits per heavy atom. The van der Waals surface area contributed by atoms with E-state index in [1.165, 1.54) is 0 Å². The van der Waals surface area contributed by atoms with Crippen molar-refractivity contribution in [2.45, 2.75) is 38.0 Å². The maximum atomic E-state index is 12.2. The molecular formula is C16H22O3. The summed E-state index contributed by atoms with van der Waals surface area (Å²) in [5.74, 6) is 1.21. The molecule has 0 saturated heterocycles. The number of Topliss-reactive ketones (excluding diaryl/α,β-unsaturated/α-hetero) is 1. The zero-order valence-electron chi connectivity index (χ0n) is 11.6. The summed E-state index contributed by atoms with van der Waals surface area (Å²) in [5, 5.41) is 0. The molecule has 3 heteroatoms. The number of carbonyl (C=O) groups excluding carboxylic acids is 1. The fourth-order valence-electron chi connectivity index (χ4n) is 2.62. The second-order valence-electron chi connectivity index (χ2n) is 5.00. The molecule has 0 aromatic heterocycles.